The molecule has 14 heavy (non-hydrogen) atoms. The molecule has 1 heterocycles. The molecule has 0 aliphatic rings. The molecule has 71 valence electrons. The fourth-order valence-electron chi connectivity index (χ4n) is 1.29. The standard InChI is InChI=1S/C12H11OS/c1-2-13-12-5-3-10(4-6-12)11-7-8-14-9-11/h2-9H,1H3. The Morgan fingerprint density at radius 3 is 2.43 bits per heavy atom. The van der Waals surface area contributed by atoms with E-state index in [0.29, 0.717) is 0 Å². The predicted molar refractivity (Wildman–Crippen MR) is 60.4 cm³/mol. The second kappa shape index (κ2) is 4.29. The van der Waals surface area contributed by atoms with Gasteiger partial charge in [-0.1, -0.05) is 12.1 Å². The van der Waals surface area contributed by atoms with E-state index in [1.54, 1.807) is 17.9 Å². The zero-order chi connectivity index (χ0) is 9.80. The molecule has 0 saturated heterocycles. The zero-order valence-electron chi connectivity index (χ0n) is 7.94. The summed E-state index contributed by atoms with van der Waals surface area (Å²) < 4.78 is 5.26. The van der Waals surface area contributed by atoms with Gasteiger partial charge in [0.1, 0.15) is 12.4 Å². The fraction of sp³-hybridized carbons (Fsp3) is 0.0833. The molecule has 0 spiro atoms. The molecule has 0 amide bonds. The molecule has 0 N–H and O–H groups in total. The maximum Gasteiger partial charge on any atom is 0.132 e. The molecule has 0 aliphatic carbocycles. The van der Waals surface area contributed by atoms with E-state index in [0.717, 1.165) is 5.75 Å². The summed E-state index contributed by atoms with van der Waals surface area (Å²) in [5, 5.41) is 4.22. The van der Waals surface area contributed by atoms with E-state index in [9.17, 15) is 0 Å². The molecule has 2 rings (SSSR count). The van der Waals surface area contributed by atoms with E-state index >= 15 is 0 Å². The lowest BCUT2D eigenvalue weighted by Crippen LogP contribution is -1.84. The van der Waals surface area contributed by atoms with Gasteiger partial charge in [0.15, 0.2) is 0 Å². The molecule has 1 aromatic heterocycles. The lowest BCUT2D eigenvalue weighted by atomic mass is 10.1. The first kappa shape index (κ1) is 9.28. The highest BCUT2D eigenvalue weighted by molar-refractivity contribution is 7.08. The fourth-order valence-corrected chi connectivity index (χ4v) is 1.96. The Morgan fingerprint density at radius 2 is 1.86 bits per heavy atom. The summed E-state index contributed by atoms with van der Waals surface area (Å²) in [4.78, 5) is 0. The summed E-state index contributed by atoms with van der Waals surface area (Å²) in [6.07, 6.45) is 0. The van der Waals surface area contributed by atoms with Crippen molar-refractivity contribution in [2.75, 3.05) is 0 Å². The van der Waals surface area contributed by atoms with Gasteiger partial charge in [-0.25, -0.2) is 0 Å². The molecule has 1 aromatic carbocycles. The van der Waals surface area contributed by atoms with Crippen molar-refractivity contribution in [3.8, 4) is 16.9 Å². The Kier molecular flexibility index (Phi) is 2.84. The largest absolute Gasteiger partial charge is 0.487 e. The summed E-state index contributed by atoms with van der Waals surface area (Å²) in [6.45, 7) is 3.55. The van der Waals surface area contributed by atoms with Crippen LogP contribution in [0.15, 0.2) is 41.1 Å². The van der Waals surface area contributed by atoms with Crippen LogP contribution >= 0.6 is 11.3 Å². The summed E-state index contributed by atoms with van der Waals surface area (Å²) in [5.74, 6) is 0.881. The second-order valence-corrected chi connectivity index (χ2v) is 3.67. The SMILES string of the molecule is C[CH]Oc1ccc(-c2ccsc2)cc1. The van der Waals surface area contributed by atoms with Crippen molar-refractivity contribution < 1.29 is 4.74 Å². The van der Waals surface area contributed by atoms with E-state index in [1.165, 1.54) is 11.1 Å². The van der Waals surface area contributed by atoms with Crippen LogP contribution in [-0.2, 0) is 0 Å². The summed E-state index contributed by atoms with van der Waals surface area (Å²) in [6, 6.07) is 10.2. The smallest absolute Gasteiger partial charge is 0.132 e. The van der Waals surface area contributed by atoms with Crippen LogP contribution in [0.25, 0.3) is 11.1 Å². The quantitative estimate of drug-likeness (QED) is 0.733. The van der Waals surface area contributed by atoms with Crippen LogP contribution in [0.2, 0.25) is 0 Å². The number of hydrogen-bond donors (Lipinski definition) is 0. The summed E-state index contributed by atoms with van der Waals surface area (Å²) in [7, 11) is 0. The van der Waals surface area contributed by atoms with Crippen molar-refractivity contribution in [2.45, 2.75) is 6.92 Å². The molecule has 0 bridgehead atoms. The molecule has 0 fully saturated rings. The number of ether oxygens (including phenoxy) is 1. The molecule has 1 radical (unpaired) electrons. The predicted octanol–water partition coefficient (Wildman–Crippen LogP) is 3.98. The van der Waals surface area contributed by atoms with E-state index < -0.39 is 0 Å². The van der Waals surface area contributed by atoms with Crippen LogP contribution in [0.3, 0.4) is 0 Å². The minimum absolute atomic E-state index is 0.881. The first-order valence-corrected chi connectivity index (χ1v) is 5.41. The Labute approximate surface area is 88.0 Å². The summed E-state index contributed by atoms with van der Waals surface area (Å²) >= 11 is 1.71. The van der Waals surface area contributed by atoms with E-state index in [2.05, 4.69) is 29.0 Å². The number of thiophene rings is 1. The Bertz CT molecular complexity index is 375. The van der Waals surface area contributed by atoms with Crippen molar-refractivity contribution in [3.05, 3.63) is 47.7 Å². The van der Waals surface area contributed by atoms with Gasteiger partial charge >= 0.3 is 0 Å². The number of rotatable bonds is 3. The van der Waals surface area contributed by atoms with E-state index in [4.69, 9.17) is 4.74 Å². The minimum atomic E-state index is 0.881. The average molecular weight is 203 g/mol. The molecule has 0 unspecified atom stereocenters. The van der Waals surface area contributed by atoms with Gasteiger partial charge in [-0.3, -0.25) is 0 Å². The van der Waals surface area contributed by atoms with E-state index in [1.807, 2.05) is 19.1 Å². The lowest BCUT2D eigenvalue weighted by molar-refractivity contribution is 0.416. The highest BCUT2D eigenvalue weighted by Crippen LogP contribution is 2.24. The van der Waals surface area contributed by atoms with Gasteiger partial charge in [0.05, 0.1) is 0 Å². The van der Waals surface area contributed by atoms with Gasteiger partial charge in [-0.05, 0) is 47.0 Å². The van der Waals surface area contributed by atoms with Crippen LogP contribution in [0.1, 0.15) is 6.92 Å². The normalized spacial score (nSPS) is 10.1. The molecule has 0 saturated carbocycles. The topological polar surface area (TPSA) is 9.23 Å². The van der Waals surface area contributed by atoms with Gasteiger partial charge in [0, 0.05) is 0 Å². The van der Waals surface area contributed by atoms with Crippen molar-refractivity contribution in [1.29, 1.82) is 0 Å². The Hall–Kier alpha value is -1.28. The molecule has 2 aromatic rings. The van der Waals surface area contributed by atoms with Gasteiger partial charge in [0.25, 0.3) is 0 Å². The highest BCUT2D eigenvalue weighted by atomic mass is 32.1. The van der Waals surface area contributed by atoms with Gasteiger partial charge < -0.3 is 4.74 Å². The van der Waals surface area contributed by atoms with Crippen molar-refractivity contribution >= 4 is 11.3 Å². The third-order valence-corrected chi connectivity index (χ3v) is 2.65. The van der Waals surface area contributed by atoms with Crippen LogP contribution < -0.4 is 4.74 Å². The third-order valence-electron chi connectivity index (χ3n) is 1.96. The number of hydrogen-bond acceptors (Lipinski definition) is 2. The van der Waals surface area contributed by atoms with Crippen molar-refractivity contribution in [2.24, 2.45) is 0 Å². The molecule has 0 atom stereocenters. The van der Waals surface area contributed by atoms with Gasteiger partial charge in [-0.2, -0.15) is 11.3 Å². The average Bonchev–Trinajstić information content (AvgIpc) is 2.72. The van der Waals surface area contributed by atoms with Crippen LogP contribution in [-0.4, -0.2) is 0 Å². The van der Waals surface area contributed by atoms with Crippen LogP contribution in [0, 0.1) is 6.61 Å². The Morgan fingerprint density at radius 1 is 1.07 bits per heavy atom. The second-order valence-electron chi connectivity index (χ2n) is 2.89. The first-order chi connectivity index (χ1) is 6.90. The molecular weight excluding hydrogens is 192 g/mol. The van der Waals surface area contributed by atoms with Gasteiger partial charge in [0.2, 0.25) is 0 Å². The molecular formula is C12H11OS. The summed E-state index contributed by atoms with van der Waals surface area (Å²) in [5.41, 5.74) is 2.50. The Balaban J connectivity index is 2.22. The maximum absolute atomic E-state index is 5.26. The maximum atomic E-state index is 5.26. The molecule has 0 aliphatic heterocycles. The zero-order valence-corrected chi connectivity index (χ0v) is 8.75. The third kappa shape index (κ3) is 1.96. The monoisotopic (exact) mass is 203 g/mol. The highest BCUT2D eigenvalue weighted by Gasteiger charge is 1.97. The van der Waals surface area contributed by atoms with Crippen LogP contribution in [0.5, 0.6) is 5.75 Å². The van der Waals surface area contributed by atoms with Crippen LogP contribution in [0.4, 0.5) is 0 Å². The van der Waals surface area contributed by atoms with E-state index in [-0.39, 0.29) is 0 Å². The van der Waals surface area contributed by atoms with Gasteiger partial charge in [-0.15, -0.1) is 0 Å². The molecule has 1 nitrogen and oxygen atoms in total. The first-order valence-electron chi connectivity index (χ1n) is 4.47. The molecule has 2 heteroatoms. The number of benzene rings is 1. The minimum Gasteiger partial charge on any atom is -0.487 e. The lowest BCUT2D eigenvalue weighted by Gasteiger charge is -2.02. The van der Waals surface area contributed by atoms with Crippen molar-refractivity contribution in [1.82, 2.24) is 0 Å². The van der Waals surface area contributed by atoms with Crippen molar-refractivity contribution in [3.63, 3.8) is 0 Å².